The molecule has 0 bridgehead atoms. The second-order valence-corrected chi connectivity index (χ2v) is 7.18. The smallest absolute Gasteiger partial charge is 0.238 e. The molecule has 1 heterocycles. The number of carbonyl (C=O) groups excluding carboxylic acids is 2. The molecule has 1 aliphatic carbocycles. The number of fused-ring (bicyclic) bond motifs is 2. The van der Waals surface area contributed by atoms with Crippen molar-refractivity contribution in [2.45, 2.75) is 38.3 Å². The molecule has 5 nitrogen and oxygen atoms in total. The van der Waals surface area contributed by atoms with Crippen LogP contribution in [0.15, 0.2) is 42.5 Å². The van der Waals surface area contributed by atoms with Crippen molar-refractivity contribution in [3.05, 3.63) is 64.7 Å². The van der Waals surface area contributed by atoms with Crippen LogP contribution in [0.4, 0.5) is 5.69 Å². The van der Waals surface area contributed by atoms with E-state index >= 15 is 0 Å². The summed E-state index contributed by atoms with van der Waals surface area (Å²) in [6.07, 6.45) is 3.93. The van der Waals surface area contributed by atoms with Crippen LogP contribution in [0, 0.1) is 0 Å². The molecule has 26 heavy (non-hydrogen) atoms. The highest BCUT2D eigenvalue weighted by molar-refractivity contribution is 5.93. The second kappa shape index (κ2) is 6.92. The molecular formula is C21H23N3O2. The molecule has 0 unspecified atom stereocenters. The Labute approximate surface area is 153 Å². The van der Waals surface area contributed by atoms with E-state index in [2.05, 4.69) is 17.4 Å². The van der Waals surface area contributed by atoms with Crippen molar-refractivity contribution in [2.75, 3.05) is 11.9 Å². The summed E-state index contributed by atoms with van der Waals surface area (Å²) in [7, 11) is 0. The average molecular weight is 349 g/mol. The number of nitrogens with two attached hydrogens (primary N) is 1. The van der Waals surface area contributed by atoms with Gasteiger partial charge in [0.2, 0.25) is 11.8 Å². The van der Waals surface area contributed by atoms with E-state index in [9.17, 15) is 9.59 Å². The summed E-state index contributed by atoms with van der Waals surface area (Å²) >= 11 is 0. The van der Waals surface area contributed by atoms with Crippen molar-refractivity contribution in [3.8, 4) is 0 Å². The first-order chi connectivity index (χ1) is 12.6. The van der Waals surface area contributed by atoms with Gasteiger partial charge in [0.15, 0.2) is 0 Å². The number of nitrogens with zero attached hydrogens (tertiary/aromatic N) is 1. The minimum Gasteiger partial charge on any atom is -0.368 e. The lowest BCUT2D eigenvalue weighted by Gasteiger charge is -2.34. The summed E-state index contributed by atoms with van der Waals surface area (Å²) in [5.74, 6) is -0.501. The normalized spacial score (nSPS) is 18.8. The molecule has 0 spiro atoms. The molecule has 4 rings (SSSR count). The Morgan fingerprint density at radius 3 is 2.62 bits per heavy atom. The van der Waals surface area contributed by atoms with E-state index in [1.165, 1.54) is 17.5 Å². The Hall–Kier alpha value is -2.66. The van der Waals surface area contributed by atoms with E-state index < -0.39 is 6.04 Å². The van der Waals surface area contributed by atoms with E-state index in [1.54, 1.807) is 0 Å². The Morgan fingerprint density at radius 2 is 1.81 bits per heavy atom. The first-order valence-corrected chi connectivity index (χ1v) is 9.12. The largest absolute Gasteiger partial charge is 0.368 e. The standard InChI is InChI=1S/C21H23N3O2/c22-21(26)19-11-16-4-1-2-5-17(16)12-24(19)13-20(25)23-18-9-8-14-6-3-7-15(14)10-18/h1-2,4-5,8-10,19H,3,6-7,11-13H2,(H2,22,26)(H,23,25)/t19-/m0/s1. The number of rotatable bonds is 4. The molecule has 2 aromatic rings. The minimum absolute atomic E-state index is 0.117. The number of amides is 2. The Balaban J connectivity index is 1.46. The molecule has 1 aliphatic heterocycles. The summed E-state index contributed by atoms with van der Waals surface area (Å²) in [6.45, 7) is 0.709. The fourth-order valence-electron chi connectivity index (χ4n) is 4.06. The molecule has 3 N–H and O–H groups in total. The van der Waals surface area contributed by atoms with Gasteiger partial charge in [0.25, 0.3) is 0 Å². The molecule has 0 saturated heterocycles. The predicted octanol–water partition coefficient (Wildman–Crippen LogP) is 2.03. The van der Waals surface area contributed by atoms with Gasteiger partial charge in [0, 0.05) is 12.2 Å². The quantitative estimate of drug-likeness (QED) is 0.887. The zero-order chi connectivity index (χ0) is 18.1. The van der Waals surface area contributed by atoms with Crippen molar-refractivity contribution >= 4 is 17.5 Å². The van der Waals surface area contributed by atoms with Gasteiger partial charge in [-0.15, -0.1) is 0 Å². The molecule has 0 fully saturated rings. The molecule has 2 aromatic carbocycles. The summed E-state index contributed by atoms with van der Waals surface area (Å²) < 4.78 is 0. The summed E-state index contributed by atoms with van der Waals surface area (Å²) in [5.41, 5.74) is 11.4. The maximum atomic E-state index is 12.6. The van der Waals surface area contributed by atoms with E-state index in [0.29, 0.717) is 13.0 Å². The Bertz CT molecular complexity index is 862. The SMILES string of the molecule is NC(=O)[C@@H]1Cc2ccccc2CN1CC(=O)Nc1ccc2c(c1)CCC2. The summed E-state index contributed by atoms with van der Waals surface area (Å²) in [6, 6.07) is 13.7. The van der Waals surface area contributed by atoms with Gasteiger partial charge in [-0.3, -0.25) is 14.5 Å². The van der Waals surface area contributed by atoms with Crippen LogP contribution in [0.1, 0.15) is 28.7 Å². The third kappa shape index (κ3) is 3.35. The topological polar surface area (TPSA) is 75.4 Å². The fourth-order valence-corrected chi connectivity index (χ4v) is 4.06. The van der Waals surface area contributed by atoms with Gasteiger partial charge in [-0.2, -0.15) is 0 Å². The molecule has 0 aromatic heterocycles. The maximum Gasteiger partial charge on any atom is 0.238 e. The van der Waals surface area contributed by atoms with Crippen LogP contribution in [0.2, 0.25) is 0 Å². The average Bonchev–Trinajstić information content (AvgIpc) is 3.08. The highest BCUT2D eigenvalue weighted by Crippen LogP contribution is 2.26. The zero-order valence-corrected chi connectivity index (χ0v) is 14.7. The number of hydrogen-bond donors (Lipinski definition) is 2. The lowest BCUT2D eigenvalue weighted by molar-refractivity contribution is -0.125. The number of nitrogens with one attached hydrogen (secondary N) is 1. The van der Waals surface area contributed by atoms with E-state index in [1.807, 2.05) is 35.2 Å². The zero-order valence-electron chi connectivity index (χ0n) is 14.7. The van der Waals surface area contributed by atoms with Crippen LogP contribution in [-0.2, 0) is 35.4 Å². The van der Waals surface area contributed by atoms with Crippen LogP contribution in [0.25, 0.3) is 0 Å². The van der Waals surface area contributed by atoms with E-state index in [4.69, 9.17) is 5.73 Å². The van der Waals surface area contributed by atoms with Crippen LogP contribution in [-0.4, -0.2) is 29.3 Å². The van der Waals surface area contributed by atoms with Crippen molar-refractivity contribution in [2.24, 2.45) is 5.73 Å². The predicted molar refractivity (Wildman–Crippen MR) is 101 cm³/mol. The number of hydrogen-bond acceptors (Lipinski definition) is 3. The number of carbonyl (C=O) groups is 2. The molecule has 0 radical (unpaired) electrons. The summed E-state index contributed by atoms with van der Waals surface area (Å²) in [5, 5.41) is 2.97. The Morgan fingerprint density at radius 1 is 1.04 bits per heavy atom. The van der Waals surface area contributed by atoms with Gasteiger partial charge in [-0.25, -0.2) is 0 Å². The van der Waals surface area contributed by atoms with Gasteiger partial charge in [0.1, 0.15) is 0 Å². The molecule has 0 saturated carbocycles. The van der Waals surface area contributed by atoms with Gasteiger partial charge in [-0.1, -0.05) is 30.3 Å². The summed E-state index contributed by atoms with van der Waals surface area (Å²) in [4.78, 5) is 26.3. The molecule has 2 amide bonds. The fraction of sp³-hybridized carbons (Fsp3) is 0.333. The maximum absolute atomic E-state index is 12.6. The molecule has 2 aliphatic rings. The van der Waals surface area contributed by atoms with Gasteiger partial charge in [0.05, 0.1) is 12.6 Å². The van der Waals surface area contributed by atoms with E-state index in [-0.39, 0.29) is 18.4 Å². The first-order valence-electron chi connectivity index (χ1n) is 9.12. The molecule has 1 atom stereocenters. The second-order valence-electron chi connectivity index (χ2n) is 7.18. The van der Waals surface area contributed by atoms with Gasteiger partial charge in [-0.05, 0) is 60.1 Å². The van der Waals surface area contributed by atoms with Crippen molar-refractivity contribution in [3.63, 3.8) is 0 Å². The third-order valence-electron chi connectivity index (χ3n) is 5.40. The van der Waals surface area contributed by atoms with E-state index in [0.717, 1.165) is 29.7 Å². The lowest BCUT2D eigenvalue weighted by Crippen LogP contribution is -2.50. The minimum atomic E-state index is -0.448. The Kier molecular flexibility index (Phi) is 4.47. The molecular weight excluding hydrogens is 326 g/mol. The number of aryl methyl sites for hydroxylation is 2. The monoisotopic (exact) mass is 349 g/mol. The van der Waals surface area contributed by atoms with Crippen molar-refractivity contribution < 1.29 is 9.59 Å². The molecule has 134 valence electrons. The number of anilines is 1. The third-order valence-corrected chi connectivity index (χ3v) is 5.40. The van der Waals surface area contributed by atoms with Gasteiger partial charge < -0.3 is 11.1 Å². The van der Waals surface area contributed by atoms with Gasteiger partial charge >= 0.3 is 0 Å². The van der Waals surface area contributed by atoms with Crippen LogP contribution in [0.5, 0.6) is 0 Å². The van der Waals surface area contributed by atoms with Crippen LogP contribution in [0.3, 0.4) is 0 Å². The first kappa shape index (κ1) is 16.8. The number of benzene rings is 2. The lowest BCUT2D eigenvalue weighted by atomic mass is 9.93. The van der Waals surface area contributed by atoms with Crippen LogP contribution < -0.4 is 11.1 Å². The molecule has 5 heteroatoms. The highest BCUT2D eigenvalue weighted by atomic mass is 16.2. The highest BCUT2D eigenvalue weighted by Gasteiger charge is 2.31. The van der Waals surface area contributed by atoms with Crippen LogP contribution >= 0.6 is 0 Å². The van der Waals surface area contributed by atoms with Crippen molar-refractivity contribution in [1.82, 2.24) is 4.90 Å². The van der Waals surface area contributed by atoms with Crippen molar-refractivity contribution in [1.29, 1.82) is 0 Å². The number of primary amides is 1.